The topological polar surface area (TPSA) is 49.7 Å². The van der Waals surface area contributed by atoms with Crippen molar-refractivity contribution in [2.45, 2.75) is 39.4 Å². The van der Waals surface area contributed by atoms with Crippen LogP contribution in [0.25, 0.3) is 0 Å². The van der Waals surface area contributed by atoms with Gasteiger partial charge in [0, 0.05) is 0 Å². The van der Waals surface area contributed by atoms with E-state index in [-0.39, 0.29) is 11.2 Å². The Kier molecular flexibility index (Phi) is 4.78. The van der Waals surface area contributed by atoms with Crippen molar-refractivity contribution in [3.8, 4) is 5.75 Å². The minimum Gasteiger partial charge on any atom is -0.507 e. The van der Waals surface area contributed by atoms with Gasteiger partial charge in [-0.3, -0.25) is 0 Å². The van der Waals surface area contributed by atoms with Gasteiger partial charge in [0.1, 0.15) is 11.5 Å². The summed E-state index contributed by atoms with van der Waals surface area (Å²) in [5.41, 5.74) is 1.29. The van der Waals surface area contributed by atoms with Gasteiger partial charge in [-0.25, -0.2) is 0 Å². The first kappa shape index (κ1) is 15.3. The predicted molar refractivity (Wildman–Crippen MR) is 76.8 cm³/mol. The fraction of sp³-hybridized carbons (Fsp3) is 0.375. The van der Waals surface area contributed by atoms with E-state index in [9.17, 15) is 10.2 Å². The summed E-state index contributed by atoms with van der Waals surface area (Å²) in [6.45, 7) is 11.7. The van der Waals surface area contributed by atoms with Crippen molar-refractivity contribution in [1.29, 1.82) is 0 Å². The van der Waals surface area contributed by atoms with Crippen LogP contribution in [0.2, 0.25) is 0 Å². The molecule has 19 heavy (non-hydrogen) atoms. The van der Waals surface area contributed by atoms with Gasteiger partial charge in [-0.15, -0.1) is 0 Å². The highest BCUT2D eigenvalue weighted by Crippen LogP contribution is 2.32. The number of allylic oxidation sites excluding steroid dienone is 2. The van der Waals surface area contributed by atoms with Crippen molar-refractivity contribution in [2.24, 2.45) is 0 Å². The third kappa shape index (κ3) is 4.14. The van der Waals surface area contributed by atoms with Gasteiger partial charge in [-0.1, -0.05) is 39.5 Å². The lowest BCUT2D eigenvalue weighted by Gasteiger charge is -2.22. The molecule has 1 rings (SSSR count). The molecule has 0 bridgehead atoms. The van der Waals surface area contributed by atoms with Gasteiger partial charge >= 0.3 is 0 Å². The molecule has 0 aliphatic rings. The van der Waals surface area contributed by atoms with Gasteiger partial charge in [0.15, 0.2) is 0 Å². The van der Waals surface area contributed by atoms with Crippen molar-refractivity contribution >= 4 is 0 Å². The first-order chi connectivity index (χ1) is 8.75. The molecule has 0 aliphatic heterocycles. The zero-order chi connectivity index (χ0) is 14.6. The van der Waals surface area contributed by atoms with E-state index in [1.807, 2.05) is 13.0 Å². The Morgan fingerprint density at radius 2 is 2.00 bits per heavy atom. The van der Waals surface area contributed by atoms with E-state index in [0.29, 0.717) is 11.3 Å². The fourth-order valence-electron chi connectivity index (χ4n) is 1.65. The lowest BCUT2D eigenvalue weighted by molar-refractivity contribution is -0.0644. The predicted octanol–water partition coefficient (Wildman–Crippen LogP) is 3.79. The molecular formula is C16H22O3. The molecule has 0 heterocycles. The molecule has 0 aromatic heterocycles. The van der Waals surface area contributed by atoms with E-state index < -0.39 is 6.29 Å². The average molecular weight is 262 g/mol. The van der Waals surface area contributed by atoms with Crippen LogP contribution in [-0.2, 0) is 10.2 Å². The lowest BCUT2D eigenvalue weighted by Crippen LogP contribution is -2.12. The summed E-state index contributed by atoms with van der Waals surface area (Å²) in [6.07, 6.45) is 2.18. The maximum atomic E-state index is 10.0. The number of hydrogen-bond acceptors (Lipinski definition) is 3. The Morgan fingerprint density at radius 1 is 1.37 bits per heavy atom. The van der Waals surface area contributed by atoms with Gasteiger partial charge < -0.3 is 14.9 Å². The van der Waals surface area contributed by atoms with E-state index in [2.05, 4.69) is 27.4 Å². The summed E-state index contributed by atoms with van der Waals surface area (Å²) in [4.78, 5) is 0. The van der Waals surface area contributed by atoms with Crippen LogP contribution in [0.15, 0.2) is 42.7 Å². The van der Waals surface area contributed by atoms with Crippen LogP contribution in [0.3, 0.4) is 0 Å². The highest BCUT2D eigenvalue weighted by Gasteiger charge is 2.19. The second kappa shape index (κ2) is 5.93. The van der Waals surface area contributed by atoms with Crippen LogP contribution in [-0.4, -0.2) is 10.2 Å². The van der Waals surface area contributed by atoms with Gasteiger partial charge in [-0.2, -0.15) is 0 Å². The van der Waals surface area contributed by atoms with Crippen LogP contribution in [0.1, 0.15) is 45.1 Å². The maximum Gasteiger partial charge on any atom is 0.227 e. The first-order valence-electron chi connectivity index (χ1n) is 6.25. The Morgan fingerprint density at radius 3 is 2.53 bits per heavy atom. The normalized spacial score (nSPS) is 13.5. The third-order valence-corrected chi connectivity index (χ3v) is 2.78. The molecule has 0 saturated heterocycles. The number of hydrogen-bond donors (Lipinski definition) is 2. The first-order valence-corrected chi connectivity index (χ1v) is 6.25. The largest absolute Gasteiger partial charge is 0.507 e. The molecule has 1 unspecified atom stereocenters. The summed E-state index contributed by atoms with van der Waals surface area (Å²) >= 11 is 0. The molecular weight excluding hydrogens is 240 g/mol. The van der Waals surface area contributed by atoms with Gasteiger partial charge in [0.25, 0.3) is 0 Å². The standard InChI is InChI=1S/C16H22O3/c1-6-7-11(2)19-15(18)13-10-12(16(3,4)5)8-9-14(13)17/h6-10,15,17-18H,2H2,1,3-5H3/b7-6-. The zero-order valence-electron chi connectivity index (χ0n) is 12.0. The number of ether oxygens (including phenoxy) is 1. The Hall–Kier alpha value is -1.74. The molecule has 104 valence electrons. The van der Waals surface area contributed by atoms with Crippen molar-refractivity contribution < 1.29 is 14.9 Å². The zero-order valence-corrected chi connectivity index (χ0v) is 12.0. The number of aliphatic hydroxyl groups excluding tert-OH is 1. The fourth-order valence-corrected chi connectivity index (χ4v) is 1.65. The molecule has 1 atom stereocenters. The van der Waals surface area contributed by atoms with E-state index in [0.717, 1.165) is 5.56 Å². The van der Waals surface area contributed by atoms with Crippen molar-refractivity contribution in [2.75, 3.05) is 0 Å². The van der Waals surface area contributed by atoms with Crippen LogP contribution < -0.4 is 0 Å². The van der Waals surface area contributed by atoms with Crippen LogP contribution in [0, 0.1) is 0 Å². The van der Waals surface area contributed by atoms with Crippen molar-refractivity contribution in [3.63, 3.8) is 0 Å². The molecule has 0 aliphatic carbocycles. The molecule has 0 radical (unpaired) electrons. The van der Waals surface area contributed by atoms with Crippen molar-refractivity contribution in [3.05, 3.63) is 53.8 Å². The quantitative estimate of drug-likeness (QED) is 0.493. The highest BCUT2D eigenvalue weighted by atomic mass is 16.6. The van der Waals surface area contributed by atoms with Crippen LogP contribution in [0.5, 0.6) is 5.75 Å². The van der Waals surface area contributed by atoms with Crippen molar-refractivity contribution in [1.82, 2.24) is 0 Å². The number of phenolic OH excluding ortho intramolecular Hbond substituents is 1. The molecule has 3 nitrogen and oxygen atoms in total. The number of aromatic hydroxyl groups is 1. The van der Waals surface area contributed by atoms with E-state index >= 15 is 0 Å². The maximum absolute atomic E-state index is 10.0. The second-order valence-electron chi connectivity index (χ2n) is 5.46. The minimum absolute atomic E-state index is 0.00813. The number of benzene rings is 1. The second-order valence-corrected chi connectivity index (χ2v) is 5.46. The number of aliphatic hydroxyl groups is 1. The Balaban J connectivity index is 3.02. The minimum atomic E-state index is -1.23. The molecule has 2 N–H and O–H groups in total. The molecule has 0 amide bonds. The summed E-state index contributed by atoms with van der Waals surface area (Å²) in [5.74, 6) is 0.351. The summed E-state index contributed by atoms with van der Waals surface area (Å²) < 4.78 is 5.24. The Bertz CT molecular complexity index is 481. The van der Waals surface area contributed by atoms with Crippen LogP contribution in [0.4, 0.5) is 0 Å². The smallest absolute Gasteiger partial charge is 0.227 e. The van der Waals surface area contributed by atoms with Gasteiger partial charge in [-0.05, 0) is 36.1 Å². The van der Waals surface area contributed by atoms with E-state index in [1.54, 1.807) is 24.3 Å². The molecule has 3 heteroatoms. The molecule has 1 aromatic carbocycles. The third-order valence-electron chi connectivity index (χ3n) is 2.78. The van der Waals surface area contributed by atoms with Crippen LogP contribution >= 0.6 is 0 Å². The molecule has 0 spiro atoms. The average Bonchev–Trinajstić information content (AvgIpc) is 2.27. The van der Waals surface area contributed by atoms with Gasteiger partial charge in [0.05, 0.1) is 5.56 Å². The highest BCUT2D eigenvalue weighted by molar-refractivity contribution is 5.39. The molecule has 0 fully saturated rings. The molecule has 1 aromatic rings. The van der Waals surface area contributed by atoms with E-state index in [1.165, 1.54) is 0 Å². The summed E-state index contributed by atoms with van der Waals surface area (Å²) in [5, 5.41) is 19.8. The van der Waals surface area contributed by atoms with E-state index in [4.69, 9.17) is 4.74 Å². The number of phenols is 1. The SMILES string of the molecule is C=C(/C=C\C)OC(O)c1cc(C(C)(C)C)ccc1O. The molecule has 0 saturated carbocycles. The van der Waals surface area contributed by atoms with Gasteiger partial charge in [0.2, 0.25) is 6.29 Å². The monoisotopic (exact) mass is 262 g/mol. The summed E-state index contributed by atoms with van der Waals surface area (Å²) in [7, 11) is 0. The number of rotatable bonds is 4. The lowest BCUT2D eigenvalue weighted by atomic mass is 9.86. The summed E-state index contributed by atoms with van der Waals surface area (Å²) in [6, 6.07) is 5.16. The Labute approximate surface area is 114 Å².